The number of sulfonamides is 1. The van der Waals surface area contributed by atoms with Gasteiger partial charge in [-0.2, -0.15) is 0 Å². The maximum absolute atomic E-state index is 13.5. The number of fused-ring (bicyclic) bond motifs is 1. The molecule has 0 spiro atoms. The van der Waals surface area contributed by atoms with E-state index in [9.17, 15) is 18.3 Å². The molecule has 0 fully saturated rings. The van der Waals surface area contributed by atoms with E-state index in [-0.39, 0.29) is 4.90 Å². The van der Waals surface area contributed by atoms with Crippen LogP contribution in [0.3, 0.4) is 0 Å². The van der Waals surface area contributed by atoms with Crippen LogP contribution in [0.15, 0.2) is 71.6 Å². The number of anilines is 3. The van der Waals surface area contributed by atoms with Gasteiger partial charge in [0.15, 0.2) is 0 Å². The van der Waals surface area contributed by atoms with Crippen molar-refractivity contribution in [2.75, 3.05) is 36.5 Å². The molecule has 9 heteroatoms. The molecule has 0 aliphatic carbocycles. The molecule has 0 aromatic heterocycles. The zero-order chi connectivity index (χ0) is 23.6. The van der Waals surface area contributed by atoms with E-state index in [1.165, 1.54) is 31.4 Å². The number of methoxy groups -OCH3 is 2. The first-order valence-corrected chi connectivity index (χ1v) is 11.7. The Bertz CT molecular complexity index is 1270. The fraction of sp³-hybridized carbons (Fsp3) is 0.208. The number of ether oxygens (including phenoxy) is 2. The van der Waals surface area contributed by atoms with E-state index in [1.54, 1.807) is 19.2 Å². The lowest BCUT2D eigenvalue weighted by Gasteiger charge is -2.26. The van der Waals surface area contributed by atoms with E-state index in [4.69, 9.17) is 9.47 Å². The van der Waals surface area contributed by atoms with Gasteiger partial charge < -0.3 is 19.5 Å². The van der Waals surface area contributed by atoms with Crippen LogP contribution in [0.2, 0.25) is 0 Å². The maximum Gasteiger partial charge on any atom is 0.324 e. The van der Waals surface area contributed by atoms with Crippen LogP contribution in [0.1, 0.15) is 5.56 Å². The molecule has 0 bridgehead atoms. The second-order valence-corrected chi connectivity index (χ2v) is 9.32. The second kappa shape index (κ2) is 9.03. The molecule has 33 heavy (non-hydrogen) atoms. The summed E-state index contributed by atoms with van der Waals surface area (Å²) in [6, 6.07) is 18.8. The average molecular weight is 469 g/mol. The van der Waals surface area contributed by atoms with Gasteiger partial charge in [0.2, 0.25) is 0 Å². The van der Waals surface area contributed by atoms with Crippen LogP contribution >= 0.6 is 0 Å². The third-order valence-corrected chi connectivity index (χ3v) is 7.34. The van der Waals surface area contributed by atoms with E-state index < -0.39 is 22.5 Å². The molecule has 1 aliphatic heterocycles. The van der Waals surface area contributed by atoms with E-state index in [0.29, 0.717) is 30.2 Å². The Labute approximate surface area is 192 Å². The van der Waals surface area contributed by atoms with Crippen LogP contribution in [0.4, 0.5) is 17.1 Å². The first kappa shape index (κ1) is 22.5. The lowest BCUT2D eigenvalue weighted by molar-refractivity contribution is -0.135. The van der Waals surface area contributed by atoms with Gasteiger partial charge in [0, 0.05) is 29.5 Å². The fourth-order valence-corrected chi connectivity index (χ4v) is 5.44. The number of benzene rings is 3. The Hall–Kier alpha value is -3.72. The predicted molar refractivity (Wildman–Crippen MR) is 125 cm³/mol. The minimum atomic E-state index is -4.13. The van der Waals surface area contributed by atoms with Crippen LogP contribution < -0.4 is 18.7 Å². The zero-order valence-corrected chi connectivity index (χ0v) is 19.1. The molecular formula is C24H24N2O6S. The van der Waals surface area contributed by atoms with Gasteiger partial charge in [-0.3, -0.25) is 9.10 Å². The van der Waals surface area contributed by atoms with Crippen molar-refractivity contribution in [2.24, 2.45) is 0 Å². The monoisotopic (exact) mass is 468 g/mol. The Morgan fingerprint density at radius 3 is 2.36 bits per heavy atom. The molecule has 1 heterocycles. The highest BCUT2D eigenvalue weighted by atomic mass is 32.2. The summed E-state index contributed by atoms with van der Waals surface area (Å²) in [5, 5.41) is 9.52. The number of aliphatic carboxylic acids is 1. The van der Waals surface area contributed by atoms with E-state index in [1.807, 2.05) is 30.3 Å². The molecule has 172 valence electrons. The summed E-state index contributed by atoms with van der Waals surface area (Å²) in [5.74, 6) is -0.0210. The van der Waals surface area contributed by atoms with Crippen LogP contribution in [-0.2, 0) is 21.2 Å². The third-order valence-electron chi connectivity index (χ3n) is 5.56. The Morgan fingerprint density at radius 1 is 1.00 bits per heavy atom. The second-order valence-electron chi connectivity index (χ2n) is 7.46. The van der Waals surface area contributed by atoms with Gasteiger partial charge in [-0.05, 0) is 55.0 Å². The molecular weight excluding hydrogens is 444 g/mol. The number of carboxylic acid groups (broad SMARTS) is 1. The van der Waals surface area contributed by atoms with Gasteiger partial charge in [-0.1, -0.05) is 12.1 Å². The smallest absolute Gasteiger partial charge is 0.324 e. The molecule has 0 saturated heterocycles. The molecule has 4 rings (SSSR count). The van der Waals surface area contributed by atoms with E-state index >= 15 is 0 Å². The highest BCUT2D eigenvalue weighted by Gasteiger charge is 2.32. The summed E-state index contributed by atoms with van der Waals surface area (Å²) < 4.78 is 38.4. The number of hydrogen-bond acceptors (Lipinski definition) is 6. The summed E-state index contributed by atoms with van der Waals surface area (Å²) in [5.41, 5.74) is 2.88. The van der Waals surface area contributed by atoms with Gasteiger partial charge in [0.25, 0.3) is 10.0 Å². The summed E-state index contributed by atoms with van der Waals surface area (Å²) in [4.78, 5) is 13.7. The number of carboxylic acids is 1. The zero-order valence-electron chi connectivity index (χ0n) is 18.3. The quantitative estimate of drug-likeness (QED) is 0.539. The summed E-state index contributed by atoms with van der Waals surface area (Å²) in [7, 11) is -1.04. The molecule has 3 aromatic carbocycles. The Balaban J connectivity index is 1.78. The van der Waals surface area contributed by atoms with Crippen molar-refractivity contribution >= 4 is 33.1 Å². The maximum atomic E-state index is 13.5. The highest BCUT2D eigenvalue weighted by Crippen LogP contribution is 2.41. The molecule has 0 amide bonds. The molecule has 0 unspecified atom stereocenters. The van der Waals surface area contributed by atoms with Crippen molar-refractivity contribution in [3.8, 4) is 11.5 Å². The van der Waals surface area contributed by atoms with Crippen LogP contribution in [0, 0.1) is 0 Å². The lowest BCUT2D eigenvalue weighted by Crippen LogP contribution is -2.36. The SMILES string of the molecule is COc1ccc(S(=O)(=O)N(CC(=O)O)c2cccc3c2CCN3c2cccc(OC)c2)cc1. The van der Waals surface area contributed by atoms with Gasteiger partial charge in [-0.25, -0.2) is 8.42 Å². The molecule has 1 N–H and O–H groups in total. The molecule has 0 saturated carbocycles. The average Bonchev–Trinajstić information content (AvgIpc) is 3.27. The van der Waals surface area contributed by atoms with Gasteiger partial charge >= 0.3 is 5.97 Å². The molecule has 0 radical (unpaired) electrons. The third kappa shape index (κ3) is 4.31. The molecule has 3 aromatic rings. The predicted octanol–water partition coefficient (Wildman–Crippen LogP) is 3.68. The normalized spacial score (nSPS) is 12.8. The first-order valence-electron chi connectivity index (χ1n) is 10.3. The number of carbonyl (C=O) groups is 1. The van der Waals surface area contributed by atoms with Crippen LogP contribution in [0.25, 0.3) is 0 Å². The van der Waals surface area contributed by atoms with Crippen molar-refractivity contribution in [1.29, 1.82) is 0 Å². The minimum Gasteiger partial charge on any atom is -0.497 e. The molecule has 8 nitrogen and oxygen atoms in total. The highest BCUT2D eigenvalue weighted by molar-refractivity contribution is 7.92. The van der Waals surface area contributed by atoms with E-state index in [0.717, 1.165) is 21.2 Å². The number of hydrogen-bond donors (Lipinski definition) is 1. The van der Waals surface area contributed by atoms with Crippen molar-refractivity contribution in [2.45, 2.75) is 11.3 Å². The van der Waals surface area contributed by atoms with E-state index in [2.05, 4.69) is 4.90 Å². The lowest BCUT2D eigenvalue weighted by atomic mass is 10.1. The molecule has 1 aliphatic rings. The number of rotatable bonds is 8. The summed E-state index contributed by atoms with van der Waals surface area (Å²) >= 11 is 0. The van der Waals surface area contributed by atoms with Crippen molar-refractivity contribution in [1.82, 2.24) is 0 Å². The van der Waals surface area contributed by atoms with Gasteiger partial charge in [0.1, 0.15) is 18.0 Å². The minimum absolute atomic E-state index is 0.00944. The van der Waals surface area contributed by atoms with Crippen molar-refractivity contribution < 1.29 is 27.8 Å². The van der Waals surface area contributed by atoms with Gasteiger partial charge in [-0.15, -0.1) is 0 Å². The summed E-state index contributed by atoms with van der Waals surface area (Å²) in [6.45, 7) is -0.0625. The van der Waals surface area contributed by atoms with Crippen molar-refractivity contribution in [3.05, 3.63) is 72.3 Å². The van der Waals surface area contributed by atoms with Crippen molar-refractivity contribution in [3.63, 3.8) is 0 Å². The van der Waals surface area contributed by atoms with Crippen LogP contribution in [-0.4, -0.2) is 46.8 Å². The largest absolute Gasteiger partial charge is 0.497 e. The topological polar surface area (TPSA) is 96.4 Å². The Kier molecular flexibility index (Phi) is 6.15. The Morgan fingerprint density at radius 2 is 1.70 bits per heavy atom. The number of nitrogens with zero attached hydrogens (tertiary/aromatic N) is 2. The van der Waals surface area contributed by atoms with Crippen LogP contribution in [0.5, 0.6) is 11.5 Å². The standard InChI is InChI=1S/C24H24N2O6S/c1-31-18-9-11-20(12-10-18)33(29,30)26(16-24(27)28)23-8-4-7-22-21(23)13-14-25(22)17-5-3-6-19(15-17)32-2/h3-12,15H,13-14,16H2,1-2H3,(H,27,28). The van der Waals surface area contributed by atoms with Gasteiger partial charge in [0.05, 0.1) is 24.8 Å². The summed E-state index contributed by atoms with van der Waals surface area (Å²) in [6.07, 6.45) is 0.566. The fourth-order valence-electron chi connectivity index (χ4n) is 3.99. The molecule has 0 atom stereocenters. The first-order chi connectivity index (χ1) is 15.8.